The van der Waals surface area contributed by atoms with E-state index in [0.717, 1.165) is 0 Å². The lowest BCUT2D eigenvalue weighted by molar-refractivity contribution is -0.142. The molecular formula is C5H6N2O5. The van der Waals surface area contributed by atoms with Crippen LogP contribution in [0.25, 0.3) is 0 Å². The number of nitrogens with zero attached hydrogens (tertiary/aromatic N) is 1. The third kappa shape index (κ3) is 1.29. The van der Waals surface area contributed by atoms with Gasteiger partial charge < -0.3 is 10.2 Å². The van der Waals surface area contributed by atoms with Gasteiger partial charge in [-0.05, 0) is 0 Å². The summed E-state index contributed by atoms with van der Waals surface area (Å²) in [7, 11) is 0. The first-order chi connectivity index (χ1) is 5.52. The van der Waals surface area contributed by atoms with Crippen LogP contribution in [0.2, 0.25) is 0 Å². The molecule has 0 aliphatic carbocycles. The quantitative estimate of drug-likeness (QED) is 0.465. The molecule has 0 bridgehead atoms. The highest BCUT2D eigenvalue weighted by Gasteiger charge is 2.38. The second kappa shape index (κ2) is 2.68. The molecule has 1 atom stereocenters. The van der Waals surface area contributed by atoms with Crippen molar-refractivity contribution in [1.82, 2.24) is 10.4 Å². The fraction of sp³-hybridized carbons (Fsp3) is 0.400. The van der Waals surface area contributed by atoms with Crippen LogP contribution in [0.15, 0.2) is 0 Å². The molecule has 3 N–H and O–H groups in total. The van der Waals surface area contributed by atoms with Gasteiger partial charge in [-0.1, -0.05) is 0 Å². The Morgan fingerprint density at radius 2 is 2.08 bits per heavy atom. The Bertz CT molecular complexity index is 226. The normalized spacial score (nSPS) is 22.2. The minimum Gasteiger partial charge on any atom is -0.480 e. The van der Waals surface area contributed by atoms with Crippen molar-refractivity contribution < 1.29 is 24.6 Å². The van der Waals surface area contributed by atoms with Gasteiger partial charge in [0.1, 0.15) is 0 Å². The SMILES string of the molecule is O=C1CC(C(=O)O)N(C(=O)O)N1. The summed E-state index contributed by atoms with van der Waals surface area (Å²) in [5.74, 6) is -1.94. The Kier molecular flexibility index (Phi) is 1.86. The van der Waals surface area contributed by atoms with E-state index in [-0.39, 0.29) is 6.42 Å². The molecule has 0 radical (unpaired) electrons. The summed E-state index contributed by atoms with van der Waals surface area (Å²) < 4.78 is 0. The van der Waals surface area contributed by atoms with Crippen LogP contribution in [0, 0.1) is 0 Å². The average molecular weight is 174 g/mol. The number of hydrazine groups is 1. The lowest BCUT2D eigenvalue weighted by Crippen LogP contribution is -2.45. The van der Waals surface area contributed by atoms with Gasteiger partial charge in [-0.2, -0.15) is 0 Å². The summed E-state index contributed by atoms with van der Waals surface area (Å²) in [6, 6.07) is -1.31. The van der Waals surface area contributed by atoms with Crippen molar-refractivity contribution in [2.75, 3.05) is 0 Å². The number of aliphatic carboxylic acids is 1. The van der Waals surface area contributed by atoms with Gasteiger partial charge in [0, 0.05) is 0 Å². The van der Waals surface area contributed by atoms with Crippen molar-refractivity contribution in [3.63, 3.8) is 0 Å². The summed E-state index contributed by atoms with van der Waals surface area (Å²) in [6.45, 7) is 0. The lowest BCUT2D eigenvalue weighted by atomic mass is 10.2. The van der Waals surface area contributed by atoms with E-state index in [1.165, 1.54) is 0 Å². The summed E-state index contributed by atoms with van der Waals surface area (Å²) in [5.41, 5.74) is 1.90. The summed E-state index contributed by atoms with van der Waals surface area (Å²) in [6.07, 6.45) is -1.81. The highest BCUT2D eigenvalue weighted by molar-refractivity contribution is 5.91. The molecule has 12 heavy (non-hydrogen) atoms. The maximum Gasteiger partial charge on any atom is 0.427 e. The van der Waals surface area contributed by atoms with Crippen LogP contribution >= 0.6 is 0 Å². The molecule has 1 fully saturated rings. The van der Waals surface area contributed by atoms with E-state index < -0.39 is 24.0 Å². The molecule has 0 spiro atoms. The maximum atomic E-state index is 10.6. The minimum absolute atomic E-state index is 0.332. The Hall–Kier alpha value is -1.79. The molecular weight excluding hydrogens is 168 g/mol. The van der Waals surface area contributed by atoms with Gasteiger partial charge in [0.15, 0.2) is 6.04 Å². The monoisotopic (exact) mass is 174 g/mol. The molecule has 0 aromatic heterocycles. The largest absolute Gasteiger partial charge is 0.480 e. The lowest BCUT2D eigenvalue weighted by Gasteiger charge is -2.15. The van der Waals surface area contributed by atoms with Crippen LogP contribution in [0.1, 0.15) is 6.42 Å². The minimum atomic E-state index is -1.48. The van der Waals surface area contributed by atoms with Crippen LogP contribution in [0.3, 0.4) is 0 Å². The Morgan fingerprint density at radius 1 is 1.50 bits per heavy atom. The number of amides is 2. The number of nitrogens with one attached hydrogen (secondary N) is 1. The average Bonchev–Trinajstić information content (AvgIpc) is 2.31. The van der Waals surface area contributed by atoms with E-state index in [1.54, 1.807) is 0 Å². The standard InChI is InChI=1S/C5H6N2O5/c8-3-1-2(4(9)10)7(6-3)5(11)12/h2H,1H2,(H,6,8)(H,9,10)(H,11,12). The van der Waals surface area contributed by atoms with E-state index in [2.05, 4.69) is 0 Å². The third-order valence-electron chi connectivity index (χ3n) is 1.43. The molecule has 1 aliphatic rings. The van der Waals surface area contributed by atoms with Crippen molar-refractivity contribution in [1.29, 1.82) is 0 Å². The molecule has 1 rings (SSSR count). The zero-order chi connectivity index (χ0) is 9.30. The number of carboxylic acid groups (broad SMARTS) is 2. The van der Waals surface area contributed by atoms with Gasteiger partial charge in [0.2, 0.25) is 5.91 Å². The highest BCUT2D eigenvalue weighted by Crippen LogP contribution is 2.09. The zero-order valence-corrected chi connectivity index (χ0v) is 5.85. The van der Waals surface area contributed by atoms with Crippen LogP contribution < -0.4 is 5.43 Å². The Labute approximate surface area is 66.5 Å². The number of carbonyl (C=O) groups is 3. The first-order valence-corrected chi connectivity index (χ1v) is 3.07. The van der Waals surface area contributed by atoms with E-state index in [0.29, 0.717) is 5.01 Å². The molecule has 1 aliphatic heterocycles. The predicted molar refractivity (Wildman–Crippen MR) is 34.0 cm³/mol. The molecule has 0 aromatic carbocycles. The van der Waals surface area contributed by atoms with Gasteiger partial charge in [0.05, 0.1) is 6.42 Å². The molecule has 7 heteroatoms. The molecule has 66 valence electrons. The zero-order valence-electron chi connectivity index (χ0n) is 5.85. The van der Waals surface area contributed by atoms with Crippen LogP contribution in [-0.4, -0.2) is 39.2 Å². The summed E-state index contributed by atoms with van der Waals surface area (Å²) >= 11 is 0. The number of carbonyl (C=O) groups excluding carboxylic acids is 1. The van der Waals surface area contributed by atoms with E-state index >= 15 is 0 Å². The summed E-state index contributed by atoms with van der Waals surface area (Å²) in [5, 5.41) is 17.2. The van der Waals surface area contributed by atoms with Crippen molar-refractivity contribution in [3.05, 3.63) is 0 Å². The molecule has 0 aromatic rings. The first-order valence-electron chi connectivity index (χ1n) is 3.07. The fourth-order valence-electron chi connectivity index (χ4n) is 0.904. The molecule has 1 saturated heterocycles. The molecule has 1 heterocycles. The molecule has 0 saturated carbocycles. The fourth-order valence-corrected chi connectivity index (χ4v) is 0.904. The predicted octanol–water partition coefficient (Wildman–Crippen LogP) is -1.15. The van der Waals surface area contributed by atoms with Crippen molar-refractivity contribution in [3.8, 4) is 0 Å². The molecule has 2 amide bonds. The van der Waals surface area contributed by atoms with Gasteiger partial charge >= 0.3 is 12.1 Å². The van der Waals surface area contributed by atoms with Crippen molar-refractivity contribution in [2.24, 2.45) is 0 Å². The summed E-state index contributed by atoms with van der Waals surface area (Å²) in [4.78, 5) is 31.3. The highest BCUT2D eigenvalue weighted by atomic mass is 16.4. The van der Waals surface area contributed by atoms with Gasteiger partial charge in [-0.3, -0.25) is 10.2 Å². The van der Waals surface area contributed by atoms with Gasteiger partial charge in [-0.25, -0.2) is 14.6 Å². The van der Waals surface area contributed by atoms with E-state index in [9.17, 15) is 14.4 Å². The third-order valence-corrected chi connectivity index (χ3v) is 1.43. The van der Waals surface area contributed by atoms with Crippen LogP contribution in [0.4, 0.5) is 4.79 Å². The maximum absolute atomic E-state index is 10.6. The molecule has 1 unspecified atom stereocenters. The number of hydrogen-bond acceptors (Lipinski definition) is 3. The molecule has 7 nitrogen and oxygen atoms in total. The van der Waals surface area contributed by atoms with Crippen molar-refractivity contribution in [2.45, 2.75) is 12.5 Å². The topological polar surface area (TPSA) is 107 Å². The number of carboxylic acids is 1. The Balaban J connectivity index is 2.79. The first kappa shape index (κ1) is 8.31. The number of hydrogen-bond donors (Lipinski definition) is 3. The van der Waals surface area contributed by atoms with Crippen LogP contribution in [-0.2, 0) is 9.59 Å². The second-order valence-electron chi connectivity index (χ2n) is 2.25. The van der Waals surface area contributed by atoms with E-state index in [1.807, 2.05) is 5.43 Å². The van der Waals surface area contributed by atoms with Crippen molar-refractivity contribution >= 4 is 18.0 Å². The van der Waals surface area contributed by atoms with E-state index in [4.69, 9.17) is 10.2 Å². The van der Waals surface area contributed by atoms with Crippen LogP contribution in [0.5, 0.6) is 0 Å². The number of rotatable bonds is 1. The van der Waals surface area contributed by atoms with Gasteiger partial charge in [-0.15, -0.1) is 0 Å². The van der Waals surface area contributed by atoms with Gasteiger partial charge in [0.25, 0.3) is 0 Å². The second-order valence-corrected chi connectivity index (χ2v) is 2.25. The Morgan fingerprint density at radius 3 is 2.42 bits per heavy atom. The smallest absolute Gasteiger partial charge is 0.427 e.